The molecule has 0 radical (unpaired) electrons. The summed E-state index contributed by atoms with van der Waals surface area (Å²) in [4.78, 5) is 1.39. The monoisotopic (exact) mass is 205 g/mol. The molecule has 0 aliphatic carbocycles. The Morgan fingerprint density at radius 3 is 2.93 bits per heavy atom. The maximum atomic E-state index is 5.50. The molecule has 2 aromatic rings. The lowest BCUT2D eigenvalue weighted by molar-refractivity contribution is 0.834. The van der Waals surface area contributed by atoms with E-state index in [-0.39, 0.29) is 0 Å². The van der Waals surface area contributed by atoms with E-state index in [9.17, 15) is 0 Å². The van der Waals surface area contributed by atoms with Gasteiger partial charge in [-0.15, -0.1) is 11.3 Å². The van der Waals surface area contributed by atoms with Gasteiger partial charge in [-0.3, -0.25) is 0 Å². The van der Waals surface area contributed by atoms with Crippen molar-refractivity contribution in [3.8, 4) is 0 Å². The van der Waals surface area contributed by atoms with Gasteiger partial charge in [0, 0.05) is 9.58 Å². The van der Waals surface area contributed by atoms with Crippen LogP contribution in [-0.4, -0.2) is 6.54 Å². The third-order valence-electron chi connectivity index (χ3n) is 2.38. The molecule has 1 nitrogen and oxygen atoms in total. The summed E-state index contributed by atoms with van der Waals surface area (Å²) in [5.41, 5.74) is 6.90. The topological polar surface area (TPSA) is 26.0 Å². The number of nitrogens with two attached hydrogens (primary N) is 1. The third-order valence-corrected chi connectivity index (χ3v) is 3.39. The first-order chi connectivity index (χ1) is 6.79. The fourth-order valence-electron chi connectivity index (χ4n) is 1.67. The molecule has 1 aromatic carbocycles. The van der Waals surface area contributed by atoms with Crippen LogP contribution in [-0.2, 0) is 6.42 Å². The molecule has 2 heteroatoms. The summed E-state index contributed by atoms with van der Waals surface area (Å²) in [7, 11) is 0. The van der Waals surface area contributed by atoms with Gasteiger partial charge in [0.15, 0.2) is 0 Å². The largest absolute Gasteiger partial charge is 0.330 e. The highest BCUT2D eigenvalue weighted by atomic mass is 32.1. The van der Waals surface area contributed by atoms with Crippen LogP contribution in [0.15, 0.2) is 24.3 Å². The van der Waals surface area contributed by atoms with Gasteiger partial charge in [-0.1, -0.05) is 12.1 Å². The van der Waals surface area contributed by atoms with Crippen molar-refractivity contribution in [3.63, 3.8) is 0 Å². The lowest BCUT2D eigenvalue weighted by Gasteiger charge is -1.99. The first kappa shape index (κ1) is 9.69. The predicted octanol–water partition coefficient (Wildman–Crippen LogP) is 3.10. The maximum Gasteiger partial charge on any atom is 0.0348 e. The van der Waals surface area contributed by atoms with E-state index < -0.39 is 0 Å². The van der Waals surface area contributed by atoms with Gasteiger partial charge in [0.25, 0.3) is 0 Å². The third kappa shape index (κ3) is 1.97. The van der Waals surface area contributed by atoms with Gasteiger partial charge in [-0.05, 0) is 49.4 Å². The number of aryl methyl sites for hydroxylation is 2. The van der Waals surface area contributed by atoms with Crippen molar-refractivity contribution < 1.29 is 0 Å². The minimum absolute atomic E-state index is 0.779. The van der Waals surface area contributed by atoms with Crippen molar-refractivity contribution in [2.75, 3.05) is 6.54 Å². The summed E-state index contributed by atoms with van der Waals surface area (Å²) in [6.07, 6.45) is 2.18. The van der Waals surface area contributed by atoms with Crippen LogP contribution in [0, 0.1) is 6.92 Å². The molecule has 1 aromatic heterocycles. The van der Waals surface area contributed by atoms with Crippen LogP contribution in [0.1, 0.15) is 16.9 Å². The standard InChI is InChI=1S/C12H15NS/c1-9-7-11-5-4-10(3-2-6-13)8-12(11)14-9/h4-5,7-8H,2-3,6,13H2,1H3. The molecule has 0 aliphatic rings. The highest BCUT2D eigenvalue weighted by Gasteiger charge is 1.99. The molecule has 0 atom stereocenters. The molecule has 0 saturated carbocycles. The highest BCUT2D eigenvalue weighted by molar-refractivity contribution is 7.19. The normalized spacial score (nSPS) is 11.0. The fourth-order valence-corrected chi connectivity index (χ4v) is 2.66. The van der Waals surface area contributed by atoms with E-state index in [0.29, 0.717) is 0 Å². The molecule has 14 heavy (non-hydrogen) atoms. The van der Waals surface area contributed by atoms with Crippen LogP contribution in [0.25, 0.3) is 10.1 Å². The lowest BCUT2D eigenvalue weighted by Crippen LogP contribution is -1.99. The second-order valence-corrected chi connectivity index (χ2v) is 4.91. The van der Waals surface area contributed by atoms with Crippen LogP contribution in [0.4, 0.5) is 0 Å². The van der Waals surface area contributed by atoms with Gasteiger partial charge in [0.2, 0.25) is 0 Å². The Balaban J connectivity index is 2.31. The van der Waals surface area contributed by atoms with Gasteiger partial charge in [0.05, 0.1) is 0 Å². The molecule has 2 rings (SSSR count). The van der Waals surface area contributed by atoms with Crippen molar-refractivity contribution in [2.24, 2.45) is 5.73 Å². The zero-order valence-corrected chi connectivity index (χ0v) is 9.23. The molecule has 0 saturated heterocycles. The Hall–Kier alpha value is -0.860. The molecule has 2 N–H and O–H groups in total. The Labute approximate surface area is 88.6 Å². The number of thiophene rings is 1. The predicted molar refractivity (Wildman–Crippen MR) is 63.9 cm³/mol. The van der Waals surface area contributed by atoms with E-state index in [4.69, 9.17) is 5.73 Å². The number of benzene rings is 1. The summed E-state index contributed by atoms with van der Waals surface area (Å²) in [6.45, 7) is 2.94. The SMILES string of the molecule is Cc1cc2ccc(CCCN)cc2s1. The summed E-state index contributed by atoms with van der Waals surface area (Å²) < 4.78 is 1.40. The summed E-state index contributed by atoms with van der Waals surface area (Å²) in [5.74, 6) is 0. The second kappa shape index (κ2) is 4.11. The van der Waals surface area contributed by atoms with Crippen molar-refractivity contribution in [1.82, 2.24) is 0 Å². The van der Waals surface area contributed by atoms with Gasteiger partial charge >= 0.3 is 0 Å². The van der Waals surface area contributed by atoms with Gasteiger partial charge in [0.1, 0.15) is 0 Å². The molecule has 0 unspecified atom stereocenters. The molecular weight excluding hydrogens is 190 g/mol. The first-order valence-electron chi connectivity index (χ1n) is 4.99. The van der Waals surface area contributed by atoms with E-state index in [2.05, 4.69) is 31.2 Å². The summed E-state index contributed by atoms with van der Waals surface area (Å²) in [5, 5.41) is 1.36. The average molecular weight is 205 g/mol. The average Bonchev–Trinajstić information content (AvgIpc) is 2.54. The minimum Gasteiger partial charge on any atom is -0.330 e. The van der Waals surface area contributed by atoms with Crippen LogP contribution in [0.2, 0.25) is 0 Å². The molecule has 0 spiro atoms. The highest BCUT2D eigenvalue weighted by Crippen LogP contribution is 2.26. The molecule has 0 aliphatic heterocycles. The second-order valence-electron chi connectivity index (χ2n) is 3.62. The molecule has 1 heterocycles. The molecule has 0 fully saturated rings. The van der Waals surface area contributed by atoms with Crippen molar-refractivity contribution in [3.05, 3.63) is 34.7 Å². The number of fused-ring (bicyclic) bond motifs is 1. The zero-order valence-electron chi connectivity index (χ0n) is 8.42. The van der Waals surface area contributed by atoms with Crippen molar-refractivity contribution in [1.29, 1.82) is 0 Å². The fraction of sp³-hybridized carbons (Fsp3) is 0.333. The Bertz CT molecular complexity index is 431. The Morgan fingerprint density at radius 2 is 2.14 bits per heavy atom. The van der Waals surface area contributed by atoms with Gasteiger partial charge in [-0.2, -0.15) is 0 Å². The van der Waals surface area contributed by atoms with Crippen molar-refractivity contribution in [2.45, 2.75) is 19.8 Å². The molecule has 0 amide bonds. The molecule has 74 valence electrons. The van der Waals surface area contributed by atoms with Gasteiger partial charge < -0.3 is 5.73 Å². The zero-order chi connectivity index (χ0) is 9.97. The van der Waals surface area contributed by atoms with Crippen LogP contribution < -0.4 is 5.73 Å². The first-order valence-corrected chi connectivity index (χ1v) is 5.80. The van der Waals surface area contributed by atoms with Crippen LogP contribution in [0.5, 0.6) is 0 Å². The quantitative estimate of drug-likeness (QED) is 0.818. The summed E-state index contributed by atoms with van der Waals surface area (Å²) in [6, 6.07) is 8.96. The minimum atomic E-state index is 0.779. The Morgan fingerprint density at radius 1 is 1.29 bits per heavy atom. The van der Waals surface area contributed by atoms with E-state index in [1.165, 1.54) is 20.5 Å². The number of rotatable bonds is 3. The number of hydrogen-bond acceptors (Lipinski definition) is 2. The van der Waals surface area contributed by atoms with Crippen molar-refractivity contribution >= 4 is 21.4 Å². The van der Waals surface area contributed by atoms with Gasteiger partial charge in [-0.25, -0.2) is 0 Å². The smallest absolute Gasteiger partial charge is 0.0348 e. The number of hydrogen-bond donors (Lipinski definition) is 1. The van der Waals surface area contributed by atoms with E-state index >= 15 is 0 Å². The van der Waals surface area contributed by atoms with E-state index in [1.54, 1.807) is 0 Å². The molecular formula is C12H15NS. The van der Waals surface area contributed by atoms with E-state index in [1.807, 2.05) is 11.3 Å². The summed E-state index contributed by atoms with van der Waals surface area (Å²) >= 11 is 1.87. The van der Waals surface area contributed by atoms with Crippen LogP contribution >= 0.6 is 11.3 Å². The van der Waals surface area contributed by atoms with E-state index in [0.717, 1.165) is 19.4 Å². The maximum absolute atomic E-state index is 5.50. The molecule has 0 bridgehead atoms. The van der Waals surface area contributed by atoms with Crippen LogP contribution in [0.3, 0.4) is 0 Å². The Kier molecular flexibility index (Phi) is 2.85. The lowest BCUT2D eigenvalue weighted by atomic mass is 10.1.